The Morgan fingerprint density at radius 1 is 1.50 bits per heavy atom. The minimum absolute atomic E-state index is 0.515. The van der Waals surface area contributed by atoms with Gasteiger partial charge in [0.05, 0.1) is 24.4 Å². The van der Waals surface area contributed by atoms with E-state index in [0.29, 0.717) is 11.3 Å². The second kappa shape index (κ2) is 5.00. The summed E-state index contributed by atoms with van der Waals surface area (Å²) in [6, 6.07) is 3.53. The number of hydrogen-bond acceptors (Lipinski definition) is 2. The molecule has 0 aliphatic heterocycles. The van der Waals surface area contributed by atoms with Crippen LogP contribution in [0.2, 0.25) is 0 Å². The first-order valence-electron chi connectivity index (χ1n) is 5.29. The van der Waals surface area contributed by atoms with Gasteiger partial charge in [-0.05, 0) is 17.7 Å². The highest BCUT2D eigenvalue weighted by Crippen LogP contribution is 2.20. The molecule has 0 amide bonds. The summed E-state index contributed by atoms with van der Waals surface area (Å²) < 4.78 is 30.8. The maximum absolute atomic E-state index is 12.1. The van der Waals surface area contributed by atoms with Crippen LogP contribution in [0.1, 0.15) is 11.1 Å². The normalized spacial score (nSPS) is 11.6. The van der Waals surface area contributed by atoms with Crippen LogP contribution in [0.4, 0.5) is 8.78 Å². The molecule has 0 aliphatic carbocycles. The van der Waals surface area contributed by atoms with Crippen LogP contribution < -0.4 is 0 Å². The number of allylic oxidation sites excluding steroid dienone is 1. The van der Waals surface area contributed by atoms with Crippen LogP contribution in [-0.2, 0) is 4.74 Å². The molecule has 5 heteroatoms. The van der Waals surface area contributed by atoms with Gasteiger partial charge in [0.1, 0.15) is 5.76 Å². The van der Waals surface area contributed by atoms with Gasteiger partial charge in [-0.1, -0.05) is 18.7 Å². The van der Waals surface area contributed by atoms with Gasteiger partial charge in [-0.25, -0.2) is 13.3 Å². The topological polar surface area (TPSA) is 26.5 Å². The molecule has 0 aliphatic rings. The number of methoxy groups -OCH3 is 1. The zero-order chi connectivity index (χ0) is 13.1. The molecule has 2 aromatic rings. The first-order chi connectivity index (χ1) is 8.61. The molecular weight excluding hydrogens is 238 g/mol. The van der Waals surface area contributed by atoms with Crippen LogP contribution in [0, 0.1) is 0 Å². The number of ether oxygens (including phenoxy) is 1. The lowest BCUT2D eigenvalue weighted by Crippen LogP contribution is -1.89. The van der Waals surface area contributed by atoms with E-state index in [4.69, 9.17) is 4.74 Å². The Kier molecular flexibility index (Phi) is 3.41. The molecule has 0 saturated carbocycles. The first-order valence-corrected chi connectivity index (χ1v) is 5.29. The quantitative estimate of drug-likeness (QED) is 0.779. The molecule has 2 aromatic heterocycles. The van der Waals surface area contributed by atoms with Crippen molar-refractivity contribution in [2.24, 2.45) is 0 Å². The van der Waals surface area contributed by atoms with Crippen molar-refractivity contribution in [1.29, 1.82) is 0 Å². The summed E-state index contributed by atoms with van der Waals surface area (Å²) in [4.78, 5) is 0. The average molecular weight is 250 g/mol. The van der Waals surface area contributed by atoms with E-state index in [0.717, 1.165) is 17.2 Å². The minimum atomic E-state index is -2.46. The molecule has 18 heavy (non-hydrogen) atoms. The van der Waals surface area contributed by atoms with Gasteiger partial charge in [0.25, 0.3) is 6.43 Å². The summed E-state index contributed by atoms with van der Waals surface area (Å²) >= 11 is 0. The van der Waals surface area contributed by atoms with Gasteiger partial charge in [-0.15, -0.1) is 0 Å². The Labute approximate surface area is 103 Å². The Morgan fingerprint density at radius 3 is 2.94 bits per heavy atom. The summed E-state index contributed by atoms with van der Waals surface area (Å²) in [5, 5.41) is 4.13. The van der Waals surface area contributed by atoms with Gasteiger partial charge in [0, 0.05) is 6.20 Å². The maximum Gasteiger partial charge on any atom is 0.257 e. The van der Waals surface area contributed by atoms with Gasteiger partial charge in [0.15, 0.2) is 0 Å². The summed E-state index contributed by atoms with van der Waals surface area (Å²) in [5.74, 6) is 0.515. The van der Waals surface area contributed by atoms with Crippen molar-refractivity contribution in [3.63, 3.8) is 0 Å². The highest BCUT2D eigenvalue weighted by molar-refractivity contribution is 5.73. The van der Waals surface area contributed by atoms with Crippen LogP contribution in [0.15, 0.2) is 37.2 Å². The number of hydrogen-bond donors (Lipinski definition) is 0. The second-order valence-electron chi connectivity index (χ2n) is 3.67. The van der Waals surface area contributed by atoms with Crippen molar-refractivity contribution in [3.8, 4) is 0 Å². The highest BCUT2D eigenvalue weighted by atomic mass is 19.3. The predicted molar refractivity (Wildman–Crippen MR) is 66.3 cm³/mol. The standard InChI is InChI=1S/C13H12F2N2O/c1-9(18-2)11-7-16-17-8-10(3-5-12(11)17)4-6-13(14)15/h3-8,13H,1H2,2H3/b6-4+. The molecule has 0 fully saturated rings. The zero-order valence-electron chi connectivity index (χ0n) is 9.81. The van der Waals surface area contributed by atoms with E-state index in [2.05, 4.69) is 11.7 Å². The van der Waals surface area contributed by atoms with Crippen molar-refractivity contribution >= 4 is 17.4 Å². The van der Waals surface area contributed by atoms with Gasteiger partial charge in [0.2, 0.25) is 0 Å². The summed E-state index contributed by atoms with van der Waals surface area (Å²) in [5.41, 5.74) is 2.25. The lowest BCUT2D eigenvalue weighted by atomic mass is 10.2. The van der Waals surface area contributed by atoms with Crippen molar-refractivity contribution in [2.75, 3.05) is 7.11 Å². The van der Waals surface area contributed by atoms with E-state index >= 15 is 0 Å². The third-order valence-corrected chi connectivity index (χ3v) is 2.52. The molecule has 0 atom stereocenters. The Morgan fingerprint density at radius 2 is 2.28 bits per heavy atom. The van der Waals surface area contributed by atoms with Gasteiger partial charge in [-0.2, -0.15) is 5.10 Å². The summed E-state index contributed by atoms with van der Waals surface area (Å²) in [6.45, 7) is 3.76. The Hall–Kier alpha value is -2.17. The largest absolute Gasteiger partial charge is 0.497 e. The van der Waals surface area contributed by atoms with Crippen LogP contribution in [0.25, 0.3) is 17.4 Å². The Bertz CT molecular complexity index is 602. The first kappa shape index (κ1) is 12.3. The molecule has 2 heterocycles. The molecule has 0 radical (unpaired) electrons. The molecule has 0 N–H and O–H groups in total. The molecule has 3 nitrogen and oxygen atoms in total. The lowest BCUT2D eigenvalue weighted by molar-refractivity contribution is 0.205. The molecule has 0 aromatic carbocycles. The third kappa shape index (κ3) is 2.40. The fourth-order valence-electron chi connectivity index (χ4n) is 1.61. The number of fused-ring (bicyclic) bond motifs is 1. The number of pyridine rings is 1. The van der Waals surface area contributed by atoms with Crippen LogP contribution >= 0.6 is 0 Å². The predicted octanol–water partition coefficient (Wildman–Crippen LogP) is 3.23. The van der Waals surface area contributed by atoms with Crippen LogP contribution in [0.3, 0.4) is 0 Å². The number of aromatic nitrogens is 2. The highest BCUT2D eigenvalue weighted by Gasteiger charge is 2.07. The van der Waals surface area contributed by atoms with Gasteiger partial charge >= 0.3 is 0 Å². The summed E-state index contributed by atoms with van der Waals surface area (Å²) in [7, 11) is 1.53. The number of rotatable bonds is 4. The number of alkyl halides is 2. The van der Waals surface area contributed by atoms with Gasteiger partial charge in [-0.3, -0.25) is 0 Å². The van der Waals surface area contributed by atoms with E-state index in [1.54, 1.807) is 29.0 Å². The average Bonchev–Trinajstić information content (AvgIpc) is 2.78. The van der Waals surface area contributed by atoms with E-state index in [-0.39, 0.29) is 0 Å². The van der Waals surface area contributed by atoms with E-state index in [9.17, 15) is 8.78 Å². The van der Waals surface area contributed by atoms with Crippen molar-refractivity contribution in [3.05, 3.63) is 48.3 Å². The van der Waals surface area contributed by atoms with Crippen molar-refractivity contribution in [2.45, 2.75) is 6.43 Å². The maximum atomic E-state index is 12.1. The monoisotopic (exact) mass is 250 g/mol. The fourth-order valence-corrected chi connectivity index (χ4v) is 1.61. The number of nitrogens with zero attached hydrogens (tertiary/aromatic N) is 2. The summed E-state index contributed by atoms with van der Waals surface area (Å²) in [6.07, 6.45) is 3.03. The Balaban J connectivity index is 2.40. The zero-order valence-corrected chi connectivity index (χ0v) is 9.81. The molecule has 0 saturated heterocycles. The van der Waals surface area contributed by atoms with Crippen LogP contribution in [-0.4, -0.2) is 23.1 Å². The van der Waals surface area contributed by atoms with E-state index < -0.39 is 6.43 Å². The SMILES string of the molecule is C=C(OC)c1cnn2cc(/C=C/C(F)F)ccc12. The molecule has 2 rings (SSSR count). The minimum Gasteiger partial charge on any atom is -0.497 e. The molecule has 0 bridgehead atoms. The third-order valence-electron chi connectivity index (χ3n) is 2.52. The van der Waals surface area contributed by atoms with E-state index in [1.165, 1.54) is 13.2 Å². The van der Waals surface area contributed by atoms with Crippen LogP contribution in [0.5, 0.6) is 0 Å². The van der Waals surface area contributed by atoms with Crippen molar-refractivity contribution in [1.82, 2.24) is 9.61 Å². The lowest BCUT2D eigenvalue weighted by Gasteiger charge is -2.02. The molecule has 0 unspecified atom stereocenters. The molecule has 0 spiro atoms. The number of halogens is 2. The smallest absolute Gasteiger partial charge is 0.257 e. The fraction of sp³-hybridized carbons (Fsp3) is 0.154. The van der Waals surface area contributed by atoms with Gasteiger partial charge < -0.3 is 4.74 Å². The van der Waals surface area contributed by atoms with Crippen molar-refractivity contribution < 1.29 is 13.5 Å². The molecule has 94 valence electrons. The molecular formula is C13H12F2N2O. The van der Waals surface area contributed by atoms with E-state index in [1.807, 2.05) is 0 Å². The second-order valence-corrected chi connectivity index (χ2v) is 3.67.